The molecule has 0 aliphatic rings. The Morgan fingerprint density at radius 1 is 1.53 bits per heavy atom. The van der Waals surface area contributed by atoms with Crippen LogP contribution in [0.25, 0.3) is 0 Å². The number of nitrogens with one attached hydrogen (secondary N) is 1. The molecule has 0 bridgehead atoms. The van der Waals surface area contributed by atoms with E-state index in [2.05, 4.69) is 5.32 Å². The number of nitrogens with two attached hydrogens (primary N) is 1. The molecule has 1 aromatic carbocycles. The Morgan fingerprint density at radius 3 is 2.73 bits per heavy atom. The highest BCUT2D eigenvalue weighted by Crippen LogP contribution is 2.27. The summed E-state index contributed by atoms with van der Waals surface area (Å²) >= 11 is 5.94. The van der Waals surface area contributed by atoms with Crippen molar-refractivity contribution in [2.75, 3.05) is 18.8 Å². The first-order valence-corrected chi connectivity index (χ1v) is 5.38. The minimum atomic E-state index is -0.540. The summed E-state index contributed by atoms with van der Waals surface area (Å²) in [6.45, 7) is 5.23. The van der Waals surface area contributed by atoms with Gasteiger partial charge in [0.05, 0.1) is 16.8 Å². The molecule has 0 fully saturated rings. The van der Waals surface area contributed by atoms with Crippen molar-refractivity contribution < 1.29 is 5.11 Å². The highest BCUT2D eigenvalue weighted by atomic mass is 35.5. The van der Waals surface area contributed by atoms with Gasteiger partial charge in [-0.25, -0.2) is 0 Å². The second-order valence-corrected chi connectivity index (χ2v) is 3.96. The number of halogens is 1. The average molecular weight is 229 g/mol. The molecule has 1 rings (SSSR count). The molecule has 0 saturated heterocycles. The van der Waals surface area contributed by atoms with Gasteiger partial charge >= 0.3 is 0 Å². The van der Waals surface area contributed by atoms with Gasteiger partial charge < -0.3 is 16.2 Å². The zero-order chi connectivity index (χ0) is 11.4. The lowest BCUT2D eigenvalue weighted by Gasteiger charge is -2.14. The van der Waals surface area contributed by atoms with Gasteiger partial charge in [-0.05, 0) is 30.7 Å². The van der Waals surface area contributed by atoms with Crippen LogP contribution in [0.1, 0.15) is 24.2 Å². The normalized spacial score (nSPS) is 12.8. The smallest absolute Gasteiger partial charge is 0.0915 e. The number of hydrogen-bond acceptors (Lipinski definition) is 3. The summed E-state index contributed by atoms with van der Waals surface area (Å²) in [5, 5.41) is 13.4. The molecule has 0 radical (unpaired) electrons. The van der Waals surface area contributed by atoms with Gasteiger partial charge in [-0.2, -0.15) is 0 Å². The van der Waals surface area contributed by atoms with E-state index in [1.807, 2.05) is 19.9 Å². The van der Waals surface area contributed by atoms with Crippen LogP contribution in [-0.4, -0.2) is 18.2 Å². The third-order valence-corrected chi connectivity index (χ3v) is 2.64. The molecule has 3 nitrogen and oxygen atoms in total. The fourth-order valence-corrected chi connectivity index (χ4v) is 1.65. The number of aryl methyl sites for hydroxylation is 1. The molecular formula is C11H17ClN2O. The van der Waals surface area contributed by atoms with Crippen molar-refractivity contribution in [1.29, 1.82) is 0 Å². The number of rotatable bonds is 4. The van der Waals surface area contributed by atoms with Gasteiger partial charge in [0.1, 0.15) is 0 Å². The van der Waals surface area contributed by atoms with Gasteiger partial charge in [0.25, 0.3) is 0 Å². The van der Waals surface area contributed by atoms with E-state index in [9.17, 15) is 5.11 Å². The fraction of sp³-hybridized carbons (Fsp3) is 0.455. The van der Waals surface area contributed by atoms with Crippen molar-refractivity contribution >= 4 is 17.3 Å². The molecule has 4 N–H and O–H groups in total. The Balaban J connectivity index is 2.86. The van der Waals surface area contributed by atoms with Gasteiger partial charge in [-0.3, -0.25) is 0 Å². The van der Waals surface area contributed by atoms with Gasteiger partial charge in [-0.15, -0.1) is 0 Å². The first-order chi connectivity index (χ1) is 7.06. The molecule has 0 heterocycles. The van der Waals surface area contributed by atoms with E-state index < -0.39 is 6.10 Å². The number of aliphatic hydroxyl groups excluding tert-OH is 1. The van der Waals surface area contributed by atoms with Crippen molar-refractivity contribution in [1.82, 2.24) is 5.32 Å². The van der Waals surface area contributed by atoms with Crippen molar-refractivity contribution in [3.05, 3.63) is 28.3 Å². The maximum absolute atomic E-state index is 9.83. The second kappa shape index (κ2) is 5.35. The summed E-state index contributed by atoms with van der Waals surface area (Å²) in [5.41, 5.74) is 8.00. The Labute approximate surface area is 95.2 Å². The molecule has 0 aliphatic carbocycles. The summed E-state index contributed by atoms with van der Waals surface area (Å²) in [6.07, 6.45) is -0.540. The standard InChI is InChI=1S/C11H17ClN2O/c1-3-14-6-10(15)8-4-7(2)11(13)9(12)5-8/h4-5,10,14-15H,3,6,13H2,1-2H3. The fourth-order valence-electron chi connectivity index (χ4n) is 1.37. The highest BCUT2D eigenvalue weighted by Gasteiger charge is 2.10. The summed E-state index contributed by atoms with van der Waals surface area (Å²) < 4.78 is 0. The van der Waals surface area contributed by atoms with Crippen LogP contribution in [0.15, 0.2) is 12.1 Å². The predicted octanol–water partition coefficient (Wildman–Crippen LogP) is 1.87. The van der Waals surface area contributed by atoms with E-state index in [1.54, 1.807) is 6.07 Å². The SMILES string of the molecule is CCNCC(O)c1cc(C)c(N)c(Cl)c1. The second-order valence-electron chi connectivity index (χ2n) is 3.56. The van der Waals surface area contributed by atoms with Crippen LogP contribution >= 0.6 is 11.6 Å². The van der Waals surface area contributed by atoms with E-state index in [0.29, 0.717) is 17.3 Å². The molecule has 0 amide bonds. The van der Waals surface area contributed by atoms with Crippen LogP contribution in [0.5, 0.6) is 0 Å². The molecule has 1 aromatic rings. The maximum atomic E-state index is 9.83. The van der Waals surface area contributed by atoms with E-state index >= 15 is 0 Å². The first kappa shape index (κ1) is 12.3. The van der Waals surface area contributed by atoms with E-state index in [-0.39, 0.29) is 0 Å². The minimum absolute atomic E-state index is 0.501. The molecule has 0 saturated carbocycles. The van der Waals surface area contributed by atoms with Crippen molar-refractivity contribution in [3.63, 3.8) is 0 Å². The molecule has 4 heteroatoms. The van der Waals surface area contributed by atoms with E-state index in [1.165, 1.54) is 0 Å². The topological polar surface area (TPSA) is 58.3 Å². The lowest BCUT2D eigenvalue weighted by atomic mass is 10.1. The average Bonchev–Trinajstić information content (AvgIpc) is 2.21. The molecular weight excluding hydrogens is 212 g/mol. The van der Waals surface area contributed by atoms with E-state index in [0.717, 1.165) is 17.7 Å². The zero-order valence-electron chi connectivity index (χ0n) is 9.05. The van der Waals surface area contributed by atoms with Crippen LogP contribution in [0.3, 0.4) is 0 Å². The maximum Gasteiger partial charge on any atom is 0.0915 e. The number of aliphatic hydroxyl groups is 1. The van der Waals surface area contributed by atoms with Crippen LogP contribution in [0.4, 0.5) is 5.69 Å². The van der Waals surface area contributed by atoms with Gasteiger partial charge in [0, 0.05) is 6.54 Å². The number of benzene rings is 1. The number of likely N-dealkylation sites (N-methyl/N-ethyl adjacent to an activating group) is 1. The molecule has 0 aromatic heterocycles. The number of hydrogen-bond donors (Lipinski definition) is 3. The van der Waals surface area contributed by atoms with Crippen LogP contribution in [0.2, 0.25) is 5.02 Å². The van der Waals surface area contributed by atoms with Gasteiger partial charge in [0.2, 0.25) is 0 Å². The van der Waals surface area contributed by atoms with Crippen molar-refractivity contribution in [3.8, 4) is 0 Å². The molecule has 84 valence electrons. The van der Waals surface area contributed by atoms with Crippen molar-refractivity contribution in [2.45, 2.75) is 20.0 Å². The Kier molecular flexibility index (Phi) is 4.39. The quantitative estimate of drug-likeness (QED) is 0.690. The number of nitrogen functional groups attached to an aromatic ring is 1. The van der Waals surface area contributed by atoms with Crippen LogP contribution < -0.4 is 11.1 Å². The Hall–Kier alpha value is -0.770. The van der Waals surface area contributed by atoms with E-state index in [4.69, 9.17) is 17.3 Å². The predicted molar refractivity (Wildman–Crippen MR) is 64.1 cm³/mol. The van der Waals surface area contributed by atoms with Crippen LogP contribution in [0, 0.1) is 6.92 Å². The van der Waals surface area contributed by atoms with Gasteiger partial charge in [0.15, 0.2) is 0 Å². The summed E-state index contributed by atoms with van der Waals surface area (Å²) in [7, 11) is 0. The highest BCUT2D eigenvalue weighted by molar-refractivity contribution is 6.33. The lowest BCUT2D eigenvalue weighted by Crippen LogP contribution is -2.21. The lowest BCUT2D eigenvalue weighted by molar-refractivity contribution is 0.175. The molecule has 0 spiro atoms. The number of anilines is 1. The molecule has 15 heavy (non-hydrogen) atoms. The zero-order valence-corrected chi connectivity index (χ0v) is 9.80. The first-order valence-electron chi connectivity index (χ1n) is 5.00. The Bertz CT molecular complexity index is 318. The minimum Gasteiger partial charge on any atom is -0.397 e. The van der Waals surface area contributed by atoms with Crippen molar-refractivity contribution in [2.24, 2.45) is 0 Å². The largest absolute Gasteiger partial charge is 0.397 e. The molecule has 1 unspecified atom stereocenters. The summed E-state index contributed by atoms with van der Waals surface area (Å²) in [4.78, 5) is 0. The van der Waals surface area contributed by atoms with Gasteiger partial charge in [-0.1, -0.05) is 24.6 Å². The van der Waals surface area contributed by atoms with Crippen LogP contribution in [-0.2, 0) is 0 Å². The molecule has 1 atom stereocenters. The summed E-state index contributed by atoms with van der Waals surface area (Å²) in [6, 6.07) is 3.58. The third kappa shape index (κ3) is 3.09. The molecule has 0 aliphatic heterocycles. The third-order valence-electron chi connectivity index (χ3n) is 2.33. The monoisotopic (exact) mass is 228 g/mol. The summed E-state index contributed by atoms with van der Waals surface area (Å²) in [5.74, 6) is 0. The Morgan fingerprint density at radius 2 is 2.20 bits per heavy atom.